The van der Waals surface area contributed by atoms with Crippen molar-refractivity contribution in [1.29, 1.82) is 0 Å². The fraction of sp³-hybridized carbons (Fsp3) is 0.267. The molecule has 1 amide bonds. The molecule has 2 aromatic rings. The van der Waals surface area contributed by atoms with Gasteiger partial charge in [0.2, 0.25) is 0 Å². The van der Waals surface area contributed by atoms with Crippen LogP contribution < -0.4 is 5.32 Å². The van der Waals surface area contributed by atoms with E-state index in [1.54, 1.807) is 24.4 Å². The Morgan fingerprint density at radius 2 is 2.00 bits per heavy atom. The van der Waals surface area contributed by atoms with Crippen LogP contribution in [0.25, 0.3) is 0 Å². The quantitative estimate of drug-likeness (QED) is 0.829. The Hall–Kier alpha value is -1.79. The zero-order chi connectivity index (χ0) is 15.4. The number of ketones is 2. The highest BCUT2D eigenvalue weighted by Crippen LogP contribution is 2.16. The Morgan fingerprint density at radius 3 is 2.57 bits per heavy atom. The third-order valence-corrected chi connectivity index (χ3v) is 4.73. The fourth-order valence-electron chi connectivity index (χ4n) is 1.80. The summed E-state index contributed by atoms with van der Waals surface area (Å²) in [6.45, 7) is 3.26. The Kier molecular flexibility index (Phi) is 5.03. The predicted octanol–water partition coefficient (Wildman–Crippen LogP) is 3.40. The van der Waals surface area contributed by atoms with Crippen LogP contribution >= 0.6 is 22.7 Å². The molecule has 0 saturated carbocycles. The van der Waals surface area contributed by atoms with E-state index in [2.05, 4.69) is 5.32 Å². The first kappa shape index (κ1) is 15.6. The van der Waals surface area contributed by atoms with Gasteiger partial charge in [0.05, 0.1) is 9.75 Å². The Morgan fingerprint density at radius 1 is 1.24 bits per heavy atom. The van der Waals surface area contributed by atoms with Gasteiger partial charge in [0.25, 0.3) is 5.91 Å². The number of amides is 1. The van der Waals surface area contributed by atoms with Gasteiger partial charge in [-0.2, -0.15) is 0 Å². The second kappa shape index (κ2) is 6.78. The standard InChI is InChI=1S/C15H15NO3S2/c1-9(6-12(18)13-4-3-5-20-13)16-15(19)14-7-11(8-21-14)10(2)17/h3-5,7-9H,6H2,1-2H3,(H,16,19). The molecule has 1 unspecified atom stereocenters. The van der Waals surface area contributed by atoms with Crippen molar-refractivity contribution in [1.82, 2.24) is 5.32 Å². The second-order valence-electron chi connectivity index (χ2n) is 4.73. The van der Waals surface area contributed by atoms with Gasteiger partial charge >= 0.3 is 0 Å². The predicted molar refractivity (Wildman–Crippen MR) is 84.5 cm³/mol. The fourth-order valence-corrected chi connectivity index (χ4v) is 3.33. The van der Waals surface area contributed by atoms with E-state index >= 15 is 0 Å². The molecule has 0 radical (unpaired) electrons. The lowest BCUT2D eigenvalue weighted by atomic mass is 10.1. The van der Waals surface area contributed by atoms with Crippen molar-refractivity contribution < 1.29 is 14.4 Å². The number of rotatable bonds is 6. The normalized spacial score (nSPS) is 11.9. The van der Waals surface area contributed by atoms with Crippen LogP contribution in [0.5, 0.6) is 0 Å². The zero-order valence-electron chi connectivity index (χ0n) is 11.7. The summed E-state index contributed by atoms with van der Waals surface area (Å²) in [6.07, 6.45) is 0.261. The topological polar surface area (TPSA) is 63.2 Å². The third-order valence-electron chi connectivity index (χ3n) is 2.89. The lowest BCUT2D eigenvalue weighted by Gasteiger charge is -2.11. The molecule has 0 fully saturated rings. The zero-order valence-corrected chi connectivity index (χ0v) is 13.3. The largest absolute Gasteiger partial charge is 0.348 e. The van der Waals surface area contributed by atoms with E-state index in [1.165, 1.54) is 29.6 Å². The maximum Gasteiger partial charge on any atom is 0.261 e. The van der Waals surface area contributed by atoms with Crippen molar-refractivity contribution in [3.05, 3.63) is 44.3 Å². The number of nitrogens with one attached hydrogen (secondary N) is 1. The van der Waals surface area contributed by atoms with Gasteiger partial charge in [-0.15, -0.1) is 22.7 Å². The average molecular weight is 321 g/mol. The number of hydrogen-bond donors (Lipinski definition) is 1. The molecule has 110 valence electrons. The summed E-state index contributed by atoms with van der Waals surface area (Å²) in [7, 11) is 0. The number of Topliss-reactive ketones (excluding diaryl/α,β-unsaturated/α-hetero) is 2. The van der Waals surface area contributed by atoms with Crippen LogP contribution in [0.2, 0.25) is 0 Å². The summed E-state index contributed by atoms with van der Waals surface area (Å²) < 4.78 is 0. The highest BCUT2D eigenvalue weighted by atomic mass is 32.1. The van der Waals surface area contributed by atoms with Crippen molar-refractivity contribution >= 4 is 40.1 Å². The maximum atomic E-state index is 12.0. The van der Waals surface area contributed by atoms with Crippen molar-refractivity contribution in [2.24, 2.45) is 0 Å². The molecular weight excluding hydrogens is 306 g/mol. The van der Waals surface area contributed by atoms with E-state index in [4.69, 9.17) is 0 Å². The number of thiophene rings is 2. The van der Waals surface area contributed by atoms with Crippen molar-refractivity contribution in [2.75, 3.05) is 0 Å². The van der Waals surface area contributed by atoms with Gasteiger partial charge in [0.1, 0.15) is 0 Å². The minimum Gasteiger partial charge on any atom is -0.348 e. The van der Waals surface area contributed by atoms with E-state index in [0.717, 1.165) is 0 Å². The van der Waals surface area contributed by atoms with Crippen molar-refractivity contribution in [2.45, 2.75) is 26.3 Å². The van der Waals surface area contributed by atoms with Crippen LogP contribution in [0.1, 0.15) is 50.0 Å². The number of carbonyl (C=O) groups is 3. The molecule has 2 heterocycles. The molecule has 1 N–H and O–H groups in total. The van der Waals surface area contributed by atoms with Crippen LogP contribution in [0.3, 0.4) is 0 Å². The molecule has 2 rings (SSSR count). The maximum absolute atomic E-state index is 12.0. The smallest absolute Gasteiger partial charge is 0.261 e. The van der Waals surface area contributed by atoms with Crippen LogP contribution in [0.15, 0.2) is 29.0 Å². The monoisotopic (exact) mass is 321 g/mol. The van der Waals surface area contributed by atoms with Gasteiger partial charge in [-0.05, 0) is 31.4 Å². The first-order chi connectivity index (χ1) is 9.97. The van der Waals surface area contributed by atoms with Gasteiger partial charge < -0.3 is 5.32 Å². The van der Waals surface area contributed by atoms with Crippen LogP contribution in [0.4, 0.5) is 0 Å². The lowest BCUT2D eigenvalue weighted by Crippen LogP contribution is -2.33. The summed E-state index contributed by atoms with van der Waals surface area (Å²) in [6, 6.07) is 4.93. The molecule has 4 nitrogen and oxygen atoms in total. The molecule has 21 heavy (non-hydrogen) atoms. The first-order valence-electron chi connectivity index (χ1n) is 6.44. The summed E-state index contributed by atoms with van der Waals surface area (Å²) in [4.78, 5) is 36.4. The van der Waals surface area contributed by atoms with Gasteiger partial charge in [0, 0.05) is 23.4 Å². The minimum atomic E-state index is -0.255. The van der Waals surface area contributed by atoms with Crippen LogP contribution in [-0.4, -0.2) is 23.5 Å². The third kappa shape index (κ3) is 4.09. The summed E-state index contributed by atoms with van der Waals surface area (Å²) in [5, 5.41) is 6.30. The molecule has 1 atom stereocenters. The summed E-state index contributed by atoms with van der Waals surface area (Å²) >= 11 is 2.63. The van der Waals surface area contributed by atoms with E-state index < -0.39 is 0 Å². The van der Waals surface area contributed by atoms with Gasteiger partial charge in [0.15, 0.2) is 11.6 Å². The molecular formula is C15H15NO3S2. The Balaban J connectivity index is 1.92. The van der Waals surface area contributed by atoms with Gasteiger partial charge in [-0.25, -0.2) is 0 Å². The molecule has 0 aromatic carbocycles. The SMILES string of the molecule is CC(=O)c1csc(C(=O)NC(C)CC(=O)c2cccs2)c1. The molecule has 0 aliphatic heterocycles. The molecule has 0 spiro atoms. The Bertz CT molecular complexity index is 658. The summed E-state index contributed by atoms with van der Waals surface area (Å²) in [5.74, 6) is -0.293. The molecule has 0 aliphatic rings. The van der Waals surface area contributed by atoms with Crippen molar-refractivity contribution in [3.8, 4) is 0 Å². The first-order valence-corrected chi connectivity index (χ1v) is 8.20. The van der Waals surface area contributed by atoms with Gasteiger partial charge in [-0.3, -0.25) is 14.4 Å². The minimum absolute atomic E-state index is 0.0217. The number of carbonyl (C=O) groups excluding carboxylic acids is 3. The Labute approximate surface area is 130 Å². The van der Waals surface area contributed by atoms with Crippen LogP contribution in [0, 0.1) is 0 Å². The molecule has 0 saturated heterocycles. The average Bonchev–Trinajstić information content (AvgIpc) is 3.10. The second-order valence-corrected chi connectivity index (χ2v) is 6.59. The van der Waals surface area contributed by atoms with Crippen molar-refractivity contribution in [3.63, 3.8) is 0 Å². The van der Waals surface area contributed by atoms with E-state index in [0.29, 0.717) is 15.3 Å². The van der Waals surface area contributed by atoms with Gasteiger partial charge in [-0.1, -0.05) is 6.07 Å². The summed E-state index contributed by atoms with van der Waals surface area (Å²) in [5.41, 5.74) is 0.535. The van der Waals surface area contributed by atoms with E-state index in [9.17, 15) is 14.4 Å². The number of hydrogen-bond acceptors (Lipinski definition) is 5. The van der Waals surface area contributed by atoms with E-state index in [1.807, 2.05) is 11.4 Å². The van der Waals surface area contributed by atoms with Crippen LogP contribution in [-0.2, 0) is 0 Å². The highest BCUT2D eigenvalue weighted by Gasteiger charge is 2.17. The molecule has 0 aliphatic carbocycles. The molecule has 6 heteroatoms. The molecule has 2 aromatic heterocycles. The van der Waals surface area contributed by atoms with E-state index in [-0.39, 0.29) is 29.9 Å². The highest BCUT2D eigenvalue weighted by molar-refractivity contribution is 7.12. The lowest BCUT2D eigenvalue weighted by molar-refractivity contribution is 0.0922. The molecule has 0 bridgehead atoms.